The molecule has 0 heterocycles. The molecule has 2 aromatic carbocycles. The van der Waals surface area contributed by atoms with Crippen LogP contribution in [0.1, 0.15) is 17.2 Å². The first-order valence-electron chi connectivity index (χ1n) is 5.97. The van der Waals surface area contributed by atoms with Crippen molar-refractivity contribution in [3.8, 4) is 0 Å². The molecule has 4 heteroatoms. The number of hydrogen-bond donors (Lipinski definition) is 1. The smallest absolute Gasteiger partial charge is 0.129 e. The number of rotatable bonds is 4. The quantitative estimate of drug-likeness (QED) is 0.791. The van der Waals surface area contributed by atoms with Gasteiger partial charge in [0, 0.05) is 20.6 Å². The van der Waals surface area contributed by atoms with Crippen LogP contribution >= 0.6 is 31.9 Å². The summed E-state index contributed by atoms with van der Waals surface area (Å²) in [4.78, 5) is 0. The fourth-order valence-corrected chi connectivity index (χ4v) is 2.93. The molecule has 2 rings (SSSR count). The van der Waals surface area contributed by atoms with Gasteiger partial charge in [-0.1, -0.05) is 50.1 Å². The topological polar surface area (TPSA) is 12.0 Å². The molecule has 1 atom stereocenters. The van der Waals surface area contributed by atoms with Crippen LogP contribution in [-0.4, -0.2) is 7.05 Å². The number of hydrogen-bond acceptors (Lipinski definition) is 1. The van der Waals surface area contributed by atoms with E-state index in [0.717, 1.165) is 20.9 Å². The van der Waals surface area contributed by atoms with Crippen molar-refractivity contribution in [2.45, 2.75) is 12.5 Å². The Labute approximate surface area is 129 Å². The number of nitrogens with one attached hydrogen (secondary N) is 1. The molecule has 0 saturated heterocycles. The Morgan fingerprint density at radius 3 is 2.37 bits per heavy atom. The molecule has 0 aliphatic rings. The summed E-state index contributed by atoms with van der Waals surface area (Å²) in [6.45, 7) is 0. The standard InChI is InChI=1S/C15H14Br2FN/c1-19-14(9-10-5-7-11(16)8-6-10)15-12(17)3-2-4-13(15)18/h2-8,14,19H,9H2,1H3. The largest absolute Gasteiger partial charge is 0.313 e. The average Bonchev–Trinajstić information content (AvgIpc) is 2.39. The highest BCUT2D eigenvalue weighted by Crippen LogP contribution is 2.28. The van der Waals surface area contributed by atoms with E-state index < -0.39 is 0 Å². The monoisotopic (exact) mass is 385 g/mol. The Morgan fingerprint density at radius 2 is 1.79 bits per heavy atom. The zero-order chi connectivity index (χ0) is 13.8. The zero-order valence-electron chi connectivity index (χ0n) is 10.5. The van der Waals surface area contributed by atoms with Gasteiger partial charge in [-0.05, 0) is 43.3 Å². The molecule has 0 fully saturated rings. The molecule has 2 aromatic rings. The number of halogens is 3. The van der Waals surface area contributed by atoms with E-state index in [0.29, 0.717) is 5.56 Å². The van der Waals surface area contributed by atoms with E-state index in [-0.39, 0.29) is 11.9 Å². The molecule has 0 aromatic heterocycles. The Kier molecular flexibility index (Phi) is 5.13. The lowest BCUT2D eigenvalue weighted by Gasteiger charge is -2.19. The van der Waals surface area contributed by atoms with Crippen LogP contribution in [0.25, 0.3) is 0 Å². The molecule has 0 amide bonds. The minimum absolute atomic E-state index is 0.0586. The molecular weight excluding hydrogens is 373 g/mol. The van der Waals surface area contributed by atoms with Crippen molar-refractivity contribution in [2.75, 3.05) is 7.05 Å². The lowest BCUT2D eigenvalue weighted by molar-refractivity contribution is 0.531. The van der Waals surface area contributed by atoms with Crippen LogP contribution in [0.2, 0.25) is 0 Å². The van der Waals surface area contributed by atoms with Crippen LogP contribution in [0.5, 0.6) is 0 Å². The van der Waals surface area contributed by atoms with Crippen molar-refractivity contribution in [3.05, 3.63) is 68.4 Å². The highest BCUT2D eigenvalue weighted by molar-refractivity contribution is 9.10. The molecular formula is C15H14Br2FN. The van der Waals surface area contributed by atoms with Crippen LogP contribution in [0.4, 0.5) is 4.39 Å². The van der Waals surface area contributed by atoms with Crippen LogP contribution in [0.15, 0.2) is 51.4 Å². The third-order valence-corrected chi connectivity index (χ3v) is 4.27. The van der Waals surface area contributed by atoms with Crippen molar-refractivity contribution in [1.29, 1.82) is 0 Å². The summed E-state index contributed by atoms with van der Waals surface area (Å²) in [5, 5.41) is 3.18. The Morgan fingerprint density at radius 1 is 1.11 bits per heavy atom. The second-order valence-corrected chi connectivity index (χ2v) is 6.08. The lowest BCUT2D eigenvalue weighted by Crippen LogP contribution is -2.20. The van der Waals surface area contributed by atoms with Gasteiger partial charge >= 0.3 is 0 Å². The molecule has 1 N–H and O–H groups in total. The van der Waals surface area contributed by atoms with Gasteiger partial charge in [0.2, 0.25) is 0 Å². The van der Waals surface area contributed by atoms with E-state index in [1.165, 1.54) is 6.07 Å². The van der Waals surface area contributed by atoms with Gasteiger partial charge in [0.25, 0.3) is 0 Å². The van der Waals surface area contributed by atoms with E-state index in [9.17, 15) is 4.39 Å². The second kappa shape index (κ2) is 6.64. The van der Waals surface area contributed by atoms with Crippen LogP contribution < -0.4 is 5.32 Å². The summed E-state index contributed by atoms with van der Waals surface area (Å²) >= 11 is 6.84. The summed E-state index contributed by atoms with van der Waals surface area (Å²) in [6.07, 6.45) is 0.739. The number of benzene rings is 2. The molecule has 1 unspecified atom stereocenters. The van der Waals surface area contributed by atoms with Crippen molar-refractivity contribution in [3.63, 3.8) is 0 Å². The molecule has 0 radical (unpaired) electrons. The van der Waals surface area contributed by atoms with E-state index in [1.807, 2.05) is 37.4 Å². The fraction of sp³-hybridized carbons (Fsp3) is 0.200. The molecule has 100 valence electrons. The van der Waals surface area contributed by atoms with Gasteiger partial charge in [-0.3, -0.25) is 0 Å². The van der Waals surface area contributed by atoms with Crippen molar-refractivity contribution < 1.29 is 4.39 Å². The maximum atomic E-state index is 14.0. The van der Waals surface area contributed by atoms with Gasteiger partial charge < -0.3 is 5.32 Å². The van der Waals surface area contributed by atoms with E-state index in [2.05, 4.69) is 37.2 Å². The summed E-state index contributed by atoms with van der Waals surface area (Å²) in [7, 11) is 1.85. The molecule has 0 aliphatic carbocycles. The Bertz CT molecular complexity index is 534. The zero-order valence-corrected chi connectivity index (χ0v) is 13.6. The minimum atomic E-state index is -0.189. The van der Waals surface area contributed by atoms with Crippen LogP contribution in [0.3, 0.4) is 0 Å². The number of likely N-dealkylation sites (N-methyl/N-ethyl adjacent to an activating group) is 1. The molecule has 19 heavy (non-hydrogen) atoms. The first-order chi connectivity index (χ1) is 9.11. The highest BCUT2D eigenvalue weighted by Gasteiger charge is 2.17. The Hall–Kier alpha value is -0.710. The molecule has 0 spiro atoms. The highest BCUT2D eigenvalue weighted by atomic mass is 79.9. The third-order valence-electron chi connectivity index (χ3n) is 3.05. The lowest BCUT2D eigenvalue weighted by atomic mass is 9.98. The first-order valence-corrected chi connectivity index (χ1v) is 7.56. The van der Waals surface area contributed by atoms with Crippen molar-refractivity contribution in [2.24, 2.45) is 0 Å². The van der Waals surface area contributed by atoms with E-state index in [4.69, 9.17) is 0 Å². The maximum absolute atomic E-state index is 14.0. The summed E-state index contributed by atoms with van der Waals surface area (Å²) in [5.41, 5.74) is 1.84. The van der Waals surface area contributed by atoms with Crippen molar-refractivity contribution >= 4 is 31.9 Å². The molecule has 0 aliphatic heterocycles. The molecule has 0 saturated carbocycles. The van der Waals surface area contributed by atoms with Gasteiger partial charge in [-0.15, -0.1) is 0 Å². The Balaban J connectivity index is 2.27. The molecule has 1 nitrogen and oxygen atoms in total. The average molecular weight is 387 g/mol. The maximum Gasteiger partial charge on any atom is 0.129 e. The van der Waals surface area contributed by atoms with Crippen LogP contribution in [-0.2, 0) is 6.42 Å². The fourth-order valence-electron chi connectivity index (χ4n) is 2.05. The van der Waals surface area contributed by atoms with E-state index >= 15 is 0 Å². The third kappa shape index (κ3) is 3.65. The minimum Gasteiger partial charge on any atom is -0.313 e. The normalized spacial score (nSPS) is 12.4. The first kappa shape index (κ1) is 14.7. The van der Waals surface area contributed by atoms with Gasteiger partial charge in [0.15, 0.2) is 0 Å². The van der Waals surface area contributed by atoms with Gasteiger partial charge in [-0.25, -0.2) is 4.39 Å². The summed E-state index contributed by atoms with van der Waals surface area (Å²) < 4.78 is 15.8. The predicted octanol–water partition coefficient (Wildman–Crippen LogP) is 4.85. The summed E-state index contributed by atoms with van der Waals surface area (Å²) in [6, 6.07) is 13.1. The van der Waals surface area contributed by atoms with Gasteiger partial charge in [-0.2, -0.15) is 0 Å². The molecule has 0 bridgehead atoms. The second-order valence-electron chi connectivity index (χ2n) is 4.31. The predicted molar refractivity (Wildman–Crippen MR) is 83.7 cm³/mol. The van der Waals surface area contributed by atoms with Gasteiger partial charge in [0.1, 0.15) is 5.82 Å². The van der Waals surface area contributed by atoms with Crippen LogP contribution in [0, 0.1) is 5.82 Å². The SMILES string of the molecule is CNC(Cc1ccc(Br)cc1)c1c(F)cccc1Br. The van der Waals surface area contributed by atoms with E-state index in [1.54, 1.807) is 6.07 Å². The van der Waals surface area contributed by atoms with Gasteiger partial charge in [0.05, 0.1) is 0 Å². The van der Waals surface area contributed by atoms with Crippen molar-refractivity contribution in [1.82, 2.24) is 5.32 Å². The summed E-state index contributed by atoms with van der Waals surface area (Å²) in [5.74, 6) is -0.189.